The molecule has 0 bridgehead atoms. The van der Waals surface area contributed by atoms with Crippen LogP contribution in [0.25, 0.3) is 0 Å². The number of amides is 1. The maximum absolute atomic E-state index is 12.4. The molecule has 0 spiro atoms. The average molecular weight is 197 g/mol. The molecule has 0 aromatic heterocycles. The molecule has 0 fully saturated rings. The van der Waals surface area contributed by atoms with E-state index in [1.165, 1.54) is 13.8 Å². The fourth-order valence-corrected chi connectivity index (χ4v) is 0.731. The Morgan fingerprint density at radius 3 is 1.92 bits per heavy atom. The molecule has 0 aliphatic rings. The average Bonchev–Trinajstić information content (AvgIpc) is 1.82. The van der Waals surface area contributed by atoms with Crippen LogP contribution in [0, 0.1) is 5.41 Å². The third kappa shape index (κ3) is 2.90. The molecule has 0 heterocycles. The lowest BCUT2D eigenvalue weighted by Gasteiger charge is -2.33. The number of carbonyl (C=O) groups is 1. The number of halogens is 3. The van der Waals surface area contributed by atoms with Crippen LogP contribution in [0.2, 0.25) is 0 Å². The van der Waals surface area contributed by atoms with E-state index in [-0.39, 0.29) is 0 Å². The van der Waals surface area contributed by atoms with Crippen molar-refractivity contribution in [3.8, 4) is 0 Å². The van der Waals surface area contributed by atoms with Gasteiger partial charge in [-0.15, -0.1) is 0 Å². The van der Waals surface area contributed by atoms with E-state index in [2.05, 4.69) is 5.32 Å². The molecule has 0 saturated carbocycles. The summed E-state index contributed by atoms with van der Waals surface area (Å²) in [5.74, 6) is -0.454. The van der Waals surface area contributed by atoms with Gasteiger partial charge >= 0.3 is 6.18 Å². The van der Waals surface area contributed by atoms with Crippen molar-refractivity contribution in [2.45, 2.75) is 39.9 Å². The van der Waals surface area contributed by atoms with Gasteiger partial charge in [0.25, 0.3) is 0 Å². The first-order valence-corrected chi connectivity index (χ1v) is 3.93. The molecule has 1 unspecified atom stereocenters. The van der Waals surface area contributed by atoms with Gasteiger partial charge in [0.05, 0.1) is 5.41 Å². The molecule has 13 heavy (non-hydrogen) atoms. The molecule has 1 amide bonds. The molecule has 0 aromatic carbocycles. The zero-order valence-corrected chi connectivity index (χ0v) is 8.12. The highest BCUT2D eigenvalue weighted by molar-refractivity contribution is 5.73. The molecule has 1 N–H and O–H groups in total. The van der Waals surface area contributed by atoms with Crippen molar-refractivity contribution in [1.29, 1.82) is 0 Å². The Hall–Kier alpha value is -0.740. The van der Waals surface area contributed by atoms with Crippen LogP contribution in [0.4, 0.5) is 13.2 Å². The molecule has 1 atom stereocenters. The molecular weight excluding hydrogens is 183 g/mol. The largest absolute Gasteiger partial charge is 0.395 e. The Balaban J connectivity index is 4.54. The van der Waals surface area contributed by atoms with Crippen molar-refractivity contribution in [2.24, 2.45) is 5.41 Å². The summed E-state index contributed by atoms with van der Waals surface area (Å²) in [5, 5.41) is 2.23. The lowest BCUT2D eigenvalue weighted by atomic mass is 9.84. The van der Waals surface area contributed by atoms with E-state index in [9.17, 15) is 18.0 Å². The van der Waals surface area contributed by atoms with E-state index in [0.29, 0.717) is 0 Å². The van der Waals surface area contributed by atoms with Crippen LogP contribution < -0.4 is 5.32 Å². The van der Waals surface area contributed by atoms with Gasteiger partial charge in [0.1, 0.15) is 0 Å². The van der Waals surface area contributed by atoms with Crippen molar-refractivity contribution in [3.63, 3.8) is 0 Å². The standard InChI is InChI=1S/C8H14F3NO/c1-5(12-6(2)13)7(3,4)8(9,10)11/h5H,1-4H3,(H,12,13). The molecular formula is C8H14F3NO. The fraction of sp³-hybridized carbons (Fsp3) is 0.875. The highest BCUT2D eigenvalue weighted by Gasteiger charge is 2.50. The van der Waals surface area contributed by atoms with Crippen LogP contribution in [0.1, 0.15) is 27.7 Å². The Kier molecular flexibility index (Phi) is 3.35. The van der Waals surface area contributed by atoms with Gasteiger partial charge in [0.2, 0.25) is 5.91 Å². The van der Waals surface area contributed by atoms with Gasteiger partial charge in [0.15, 0.2) is 0 Å². The van der Waals surface area contributed by atoms with E-state index < -0.39 is 23.5 Å². The molecule has 0 saturated heterocycles. The second-order valence-corrected chi connectivity index (χ2v) is 3.64. The summed E-state index contributed by atoms with van der Waals surface area (Å²) in [5.41, 5.74) is -1.90. The predicted octanol–water partition coefficient (Wildman–Crippen LogP) is 2.10. The highest BCUT2D eigenvalue weighted by atomic mass is 19.4. The Morgan fingerprint density at radius 1 is 1.31 bits per heavy atom. The van der Waals surface area contributed by atoms with Gasteiger partial charge in [-0.25, -0.2) is 0 Å². The number of carbonyl (C=O) groups excluding carboxylic acids is 1. The minimum absolute atomic E-state index is 0.454. The summed E-state index contributed by atoms with van der Waals surface area (Å²) in [6, 6.07) is -0.926. The topological polar surface area (TPSA) is 29.1 Å². The van der Waals surface area contributed by atoms with E-state index in [1.807, 2.05) is 0 Å². The lowest BCUT2D eigenvalue weighted by Crippen LogP contribution is -2.49. The summed E-state index contributed by atoms with van der Waals surface area (Å²) in [4.78, 5) is 10.5. The monoisotopic (exact) mass is 197 g/mol. The summed E-state index contributed by atoms with van der Waals surface area (Å²) < 4.78 is 37.1. The first-order valence-electron chi connectivity index (χ1n) is 3.93. The van der Waals surface area contributed by atoms with Gasteiger partial charge < -0.3 is 5.32 Å². The first-order chi connectivity index (χ1) is 5.59. The third-order valence-corrected chi connectivity index (χ3v) is 2.23. The molecule has 2 nitrogen and oxygen atoms in total. The third-order valence-electron chi connectivity index (χ3n) is 2.23. The molecule has 0 rings (SSSR count). The molecule has 5 heteroatoms. The van der Waals surface area contributed by atoms with E-state index in [0.717, 1.165) is 13.8 Å². The Bertz CT molecular complexity index is 198. The van der Waals surface area contributed by atoms with E-state index >= 15 is 0 Å². The van der Waals surface area contributed by atoms with Crippen LogP contribution in [0.3, 0.4) is 0 Å². The summed E-state index contributed by atoms with van der Waals surface area (Å²) in [6.07, 6.45) is -4.31. The smallest absolute Gasteiger partial charge is 0.353 e. The van der Waals surface area contributed by atoms with Crippen LogP contribution >= 0.6 is 0 Å². The summed E-state index contributed by atoms with van der Waals surface area (Å²) >= 11 is 0. The molecule has 78 valence electrons. The predicted molar refractivity (Wildman–Crippen MR) is 43.1 cm³/mol. The maximum atomic E-state index is 12.4. The minimum Gasteiger partial charge on any atom is -0.353 e. The summed E-state index contributed by atoms with van der Waals surface area (Å²) in [7, 11) is 0. The first kappa shape index (κ1) is 12.3. The lowest BCUT2D eigenvalue weighted by molar-refractivity contribution is -0.219. The van der Waals surface area contributed by atoms with Crippen molar-refractivity contribution < 1.29 is 18.0 Å². The minimum atomic E-state index is -4.31. The van der Waals surface area contributed by atoms with Crippen molar-refractivity contribution in [1.82, 2.24) is 5.32 Å². The number of alkyl halides is 3. The van der Waals surface area contributed by atoms with Gasteiger partial charge in [-0.3, -0.25) is 4.79 Å². The normalized spacial score (nSPS) is 15.3. The van der Waals surface area contributed by atoms with Crippen LogP contribution in [0.5, 0.6) is 0 Å². The number of hydrogen-bond donors (Lipinski definition) is 1. The van der Waals surface area contributed by atoms with Gasteiger partial charge in [-0.1, -0.05) is 0 Å². The van der Waals surface area contributed by atoms with Crippen LogP contribution in [0.15, 0.2) is 0 Å². The zero-order chi connectivity index (χ0) is 10.9. The zero-order valence-electron chi connectivity index (χ0n) is 8.12. The van der Waals surface area contributed by atoms with E-state index in [4.69, 9.17) is 0 Å². The number of hydrogen-bond acceptors (Lipinski definition) is 1. The van der Waals surface area contributed by atoms with Gasteiger partial charge in [-0.05, 0) is 20.8 Å². The highest BCUT2D eigenvalue weighted by Crippen LogP contribution is 2.40. The van der Waals surface area contributed by atoms with Gasteiger partial charge in [0, 0.05) is 13.0 Å². The Morgan fingerprint density at radius 2 is 1.69 bits per heavy atom. The van der Waals surface area contributed by atoms with Crippen LogP contribution in [-0.4, -0.2) is 18.1 Å². The van der Waals surface area contributed by atoms with Crippen molar-refractivity contribution >= 4 is 5.91 Å². The van der Waals surface area contributed by atoms with E-state index in [1.54, 1.807) is 0 Å². The molecule has 0 aliphatic heterocycles. The summed E-state index contributed by atoms with van der Waals surface area (Å²) in [6.45, 7) is 4.67. The number of rotatable bonds is 2. The maximum Gasteiger partial charge on any atom is 0.395 e. The quantitative estimate of drug-likeness (QED) is 0.721. The second-order valence-electron chi connectivity index (χ2n) is 3.64. The Labute approximate surface area is 75.5 Å². The molecule has 0 aromatic rings. The molecule has 0 aliphatic carbocycles. The van der Waals surface area contributed by atoms with Crippen molar-refractivity contribution in [2.75, 3.05) is 0 Å². The SMILES string of the molecule is CC(=O)NC(C)C(C)(C)C(F)(F)F. The molecule has 0 radical (unpaired) electrons. The number of nitrogens with one attached hydrogen (secondary N) is 1. The van der Waals surface area contributed by atoms with Crippen LogP contribution in [-0.2, 0) is 4.79 Å². The second kappa shape index (κ2) is 3.55. The van der Waals surface area contributed by atoms with Gasteiger partial charge in [-0.2, -0.15) is 13.2 Å². The fourth-order valence-electron chi connectivity index (χ4n) is 0.731. The van der Waals surface area contributed by atoms with Crippen molar-refractivity contribution in [3.05, 3.63) is 0 Å².